The molecular weight excluding hydrogens is 324 g/mol. The Kier molecular flexibility index (Phi) is 6.40. The number of nitrogens with one attached hydrogen (secondary N) is 1. The average Bonchev–Trinajstić information content (AvgIpc) is 2.98. The molecule has 24 heavy (non-hydrogen) atoms. The fourth-order valence-corrected chi connectivity index (χ4v) is 4.29. The molecule has 1 aliphatic heterocycles. The van der Waals surface area contributed by atoms with Crippen molar-refractivity contribution in [1.29, 1.82) is 0 Å². The summed E-state index contributed by atoms with van der Waals surface area (Å²) < 4.78 is 27.9. The smallest absolute Gasteiger partial charge is 0.240 e. The highest BCUT2D eigenvalue weighted by atomic mass is 32.2. The summed E-state index contributed by atoms with van der Waals surface area (Å²) in [6.07, 6.45) is 4.97. The quantitative estimate of drug-likeness (QED) is 0.782. The summed E-state index contributed by atoms with van der Waals surface area (Å²) in [6, 6.07) is 5.04. The molecule has 1 atom stereocenters. The zero-order chi connectivity index (χ0) is 17.7. The van der Waals surface area contributed by atoms with E-state index in [1.807, 2.05) is 0 Å². The molecule has 5 nitrogen and oxygen atoms in total. The van der Waals surface area contributed by atoms with Crippen LogP contribution in [0.2, 0.25) is 0 Å². The molecule has 0 unspecified atom stereocenters. The molecule has 0 fully saturated rings. The van der Waals surface area contributed by atoms with Crippen LogP contribution in [-0.4, -0.2) is 27.4 Å². The molecule has 6 heteroatoms. The minimum Gasteiger partial charge on any atom is -0.312 e. The van der Waals surface area contributed by atoms with Crippen LogP contribution in [0.4, 0.5) is 5.69 Å². The van der Waals surface area contributed by atoms with Gasteiger partial charge in [-0.2, -0.15) is 0 Å². The molecule has 0 aromatic heterocycles. The fraction of sp³-hybridized carbons (Fsp3) is 0.611. The number of benzene rings is 1. The summed E-state index contributed by atoms with van der Waals surface area (Å²) in [5.74, 6) is 0.367. The van der Waals surface area contributed by atoms with Gasteiger partial charge in [0.2, 0.25) is 15.9 Å². The Morgan fingerprint density at radius 1 is 1.33 bits per heavy atom. The van der Waals surface area contributed by atoms with Gasteiger partial charge in [0.25, 0.3) is 0 Å². The topological polar surface area (TPSA) is 66.5 Å². The van der Waals surface area contributed by atoms with Gasteiger partial charge in [-0.05, 0) is 42.5 Å². The highest BCUT2D eigenvalue weighted by Crippen LogP contribution is 2.30. The first-order valence-electron chi connectivity index (χ1n) is 8.79. The maximum Gasteiger partial charge on any atom is 0.240 e. The molecule has 1 N–H and O–H groups in total. The maximum absolute atomic E-state index is 12.5. The van der Waals surface area contributed by atoms with Crippen LogP contribution in [0, 0.1) is 5.92 Å². The van der Waals surface area contributed by atoms with Gasteiger partial charge in [-0.3, -0.25) is 4.79 Å². The molecule has 1 amide bonds. The maximum atomic E-state index is 12.5. The van der Waals surface area contributed by atoms with Gasteiger partial charge < -0.3 is 4.90 Å². The molecule has 0 spiro atoms. The molecule has 2 rings (SSSR count). The number of amides is 1. The van der Waals surface area contributed by atoms with E-state index in [1.165, 1.54) is 6.92 Å². The molecule has 0 saturated heterocycles. The third-order valence-corrected chi connectivity index (χ3v) is 6.16. The number of hydrogen-bond acceptors (Lipinski definition) is 3. The van der Waals surface area contributed by atoms with E-state index < -0.39 is 10.0 Å². The highest BCUT2D eigenvalue weighted by Gasteiger charge is 2.25. The number of unbranched alkanes of at least 4 members (excludes halogenated alkanes) is 1. The Hall–Kier alpha value is -1.40. The molecule has 0 radical (unpaired) electrons. The molecule has 1 heterocycles. The van der Waals surface area contributed by atoms with Crippen LogP contribution in [0.3, 0.4) is 0 Å². The van der Waals surface area contributed by atoms with Crippen LogP contribution in [0.25, 0.3) is 0 Å². The lowest BCUT2D eigenvalue weighted by Gasteiger charge is -2.17. The third kappa shape index (κ3) is 4.36. The fourth-order valence-electron chi connectivity index (χ4n) is 3.13. The Labute approximate surface area is 145 Å². The molecule has 0 aliphatic carbocycles. The number of hydrogen-bond donors (Lipinski definition) is 1. The summed E-state index contributed by atoms with van der Waals surface area (Å²) >= 11 is 0. The normalized spacial score (nSPS) is 15.4. The summed E-state index contributed by atoms with van der Waals surface area (Å²) in [5.41, 5.74) is 1.75. The number of carbonyl (C=O) groups excluding carboxylic acids is 1. The zero-order valence-electron chi connectivity index (χ0n) is 14.8. The molecule has 0 bridgehead atoms. The number of sulfonamides is 1. The van der Waals surface area contributed by atoms with Crippen LogP contribution in [0.5, 0.6) is 0 Å². The number of nitrogens with zero attached hydrogens (tertiary/aromatic N) is 1. The third-order valence-electron chi connectivity index (χ3n) is 4.74. The van der Waals surface area contributed by atoms with Crippen LogP contribution in [-0.2, 0) is 21.2 Å². The molecule has 0 saturated carbocycles. The van der Waals surface area contributed by atoms with Gasteiger partial charge >= 0.3 is 0 Å². The summed E-state index contributed by atoms with van der Waals surface area (Å²) in [6.45, 7) is 6.88. The van der Waals surface area contributed by atoms with Crippen molar-refractivity contribution in [3.8, 4) is 0 Å². The molecule has 134 valence electrons. The largest absolute Gasteiger partial charge is 0.312 e. The van der Waals surface area contributed by atoms with Crippen LogP contribution < -0.4 is 9.62 Å². The first kappa shape index (κ1) is 18.9. The predicted octanol–water partition coefficient (Wildman–Crippen LogP) is 3.09. The van der Waals surface area contributed by atoms with E-state index >= 15 is 0 Å². The van der Waals surface area contributed by atoms with Gasteiger partial charge in [0.15, 0.2) is 0 Å². The lowest BCUT2D eigenvalue weighted by atomic mass is 10.00. The second kappa shape index (κ2) is 8.12. The van der Waals surface area contributed by atoms with Crippen molar-refractivity contribution in [2.45, 2.75) is 57.8 Å². The van der Waals surface area contributed by atoms with Crippen molar-refractivity contribution in [2.75, 3.05) is 18.0 Å². The Morgan fingerprint density at radius 2 is 2.08 bits per heavy atom. The summed E-state index contributed by atoms with van der Waals surface area (Å²) in [4.78, 5) is 13.6. The Morgan fingerprint density at radius 3 is 2.71 bits per heavy atom. The van der Waals surface area contributed by atoms with Gasteiger partial charge in [-0.1, -0.05) is 33.1 Å². The lowest BCUT2D eigenvalue weighted by Crippen LogP contribution is -2.29. The predicted molar refractivity (Wildman–Crippen MR) is 96.7 cm³/mol. The molecule has 1 aliphatic rings. The summed E-state index contributed by atoms with van der Waals surface area (Å²) in [7, 11) is -3.50. The van der Waals surface area contributed by atoms with E-state index in [0.29, 0.717) is 25.4 Å². The standard InChI is InChI=1S/C18H28N2O3S/c1-4-6-7-15(5-2)13-19-24(22,23)17-8-9-18-16(12-17)10-11-20(18)14(3)21/h8-9,12,15,19H,4-7,10-11,13H2,1-3H3/t15-/m0/s1. The van der Waals surface area contributed by atoms with E-state index in [2.05, 4.69) is 18.6 Å². The minimum atomic E-state index is -3.50. The van der Waals surface area contributed by atoms with Crippen molar-refractivity contribution in [3.63, 3.8) is 0 Å². The van der Waals surface area contributed by atoms with Crippen molar-refractivity contribution in [2.24, 2.45) is 5.92 Å². The number of carbonyl (C=O) groups is 1. The first-order valence-corrected chi connectivity index (χ1v) is 10.3. The lowest BCUT2D eigenvalue weighted by molar-refractivity contribution is -0.116. The zero-order valence-corrected chi connectivity index (χ0v) is 15.7. The van der Waals surface area contributed by atoms with Gasteiger partial charge in [0, 0.05) is 25.7 Å². The highest BCUT2D eigenvalue weighted by molar-refractivity contribution is 7.89. The van der Waals surface area contributed by atoms with E-state index in [4.69, 9.17) is 0 Å². The Bertz CT molecular complexity index is 686. The first-order chi connectivity index (χ1) is 11.4. The number of fused-ring (bicyclic) bond motifs is 1. The monoisotopic (exact) mass is 352 g/mol. The van der Waals surface area contributed by atoms with E-state index in [1.54, 1.807) is 23.1 Å². The van der Waals surface area contributed by atoms with Crippen LogP contribution in [0.15, 0.2) is 23.1 Å². The van der Waals surface area contributed by atoms with Crippen molar-refractivity contribution in [3.05, 3.63) is 23.8 Å². The number of anilines is 1. The van der Waals surface area contributed by atoms with Gasteiger partial charge in [-0.25, -0.2) is 13.1 Å². The molecule has 1 aromatic carbocycles. The SMILES string of the molecule is CCCC[C@H](CC)CNS(=O)(=O)c1ccc2c(c1)CCN2C(C)=O. The summed E-state index contributed by atoms with van der Waals surface area (Å²) in [5, 5.41) is 0. The van der Waals surface area contributed by atoms with Crippen molar-refractivity contribution < 1.29 is 13.2 Å². The van der Waals surface area contributed by atoms with Crippen molar-refractivity contribution in [1.82, 2.24) is 4.72 Å². The van der Waals surface area contributed by atoms with Gasteiger partial charge in [0.05, 0.1) is 4.90 Å². The van der Waals surface area contributed by atoms with E-state index in [0.717, 1.165) is 36.9 Å². The van der Waals surface area contributed by atoms with Crippen LogP contribution >= 0.6 is 0 Å². The van der Waals surface area contributed by atoms with Gasteiger partial charge in [0.1, 0.15) is 0 Å². The second-order valence-electron chi connectivity index (χ2n) is 6.48. The molecular formula is C18H28N2O3S. The van der Waals surface area contributed by atoms with E-state index in [9.17, 15) is 13.2 Å². The van der Waals surface area contributed by atoms with Gasteiger partial charge in [-0.15, -0.1) is 0 Å². The van der Waals surface area contributed by atoms with E-state index in [-0.39, 0.29) is 10.8 Å². The Balaban J connectivity index is 2.09. The molecule has 1 aromatic rings. The van der Waals surface area contributed by atoms with Crippen LogP contribution in [0.1, 0.15) is 52.0 Å². The second-order valence-corrected chi connectivity index (χ2v) is 8.25. The minimum absolute atomic E-state index is 0.0100. The number of rotatable bonds is 8. The van der Waals surface area contributed by atoms with Crippen molar-refractivity contribution >= 4 is 21.6 Å². The average molecular weight is 353 g/mol.